The molecule has 7 nitrogen and oxygen atoms in total. The molecule has 8 heteroatoms. The van der Waals surface area contributed by atoms with Crippen LogP contribution in [0.25, 0.3) is 0 Å². The third-order valence-electron chi connectivity index (χ3n) is 2.98. The first kappa shape index (κ1) is 13.2. The molecule has 2 aromatic rings. The van der Waals surface area contributed by atoms with E-state index >= 15 is 0 Å². The van der Waals surface area contributed by atoms with Gasteiger partial charge in [-0.05, 0) is 47.4 Å². The standard InChI is InChI=1S/C12H12BrN5O2/c13-7-3-4-8(15-6-7)10(19)16-12-18-17-11(20-12)9-2-1-5-14-9/h3-4,6,9,14H,1-2,5H2,(H,16,18,19). The Morgan fingerprint density at radius 1 is 1.45 bits per heavy atom. The number of aromatic nitrogens is 3. The molecule has 2 aromatic heterocycles. The zero-order valence-corrected chi connectivity index (χ0v) is 12.1. The van der Waals surface area contributed by atoms with E-state index in [1.807, 2.05) is 0 Å². The first-order valence-corrected chi connectivity index (χ1v) is 7.01. The Hall–Kier alpha value is -1.80. The number of halogens is 1. The molecular weight excluding hydrogens is 326 g/mol. The highest BCUT2D eigenvalue weighted by Gasteiger charge is 2.22. The van der Waals surface area contributed by atoms with Crippen LogP contribution in [0.3, 0.4) is 0 Å². The summed E-state index contributed by atoms with van der Waals surface area (Å²) in [5.41, 5.74) is 0.284. The first-order valence-electron chi connectivity index (χ1n) is 6.22. The number of nitrogens with one attached hydrogen (secondary N) is 2. The largest absolute Gasteiger partial charge is 0.406 e. The fourth-order valence-electron chi connectivity index (χ4n) is 1.99. The monoisotopic (exact) mass is 337 g/mol. The fraction of sp³-hybridized carbons (Fsp3) is 0.333. The second-order valence-corrected chi connectivity index (χ2v) is 5.33. The van der Waals surface area contributed by atoms with E-state index in [2.05, 4.69) is 41.7 Å². The average Bonchev–Trinajstić information content (AvgIpc) is 3.09. The Labute approximate surface area is 123 Å². The molecule has 0 radical (unpaired) electrons. The van der Waals surface area contributed by atoms with Gasteiger partial charge in [-0.3, -0.25) is 10.1 Å². The lowest BCUT2D eigenvalue weighted by Crippen LogP contribution is -2.14. The molecule has 1 atom stereocenters. The summed E-state index contributed by atoms with van der Waals surface area (Å²) in [7, 11) is 0. The lowest BCUT2D eigenvalue weighted by atomic mass is 10.2. The van der Waals surface area contributed by atoms with E-state index in [-0.39, 0.29) is 23.7 Å². The lowest BCUT2D eigenvalue weighted by Gasteiger charge is -2.02. The van der Waals surface area contributed by atoms with Crippen molar-refractivity contribution in [2.45, 2.75) is 18.9 Å². The van der Waals surface area contributed by atoms with Crippen molar-refractivity contribution in [2.24, 2.45) is 0 Å². The minimum Gasteiger partial charge on any atom is -0.406 e. The topological polar surface area (TPSA) is 92.9 Å². The minimum atomic E-state index is -0.382. The molecule has 20 heavy (non-hydrogen) atoms. The summed E-state index contributed by atoms with van der Waals surface area (Å²) in [6.45, 7) is 0.942. The van der Waals surface area contributed by atoms with Gasteiger partial charge in [0.05, 0.1) is 6.04 Å². The van der Waals surface area contributed by atoms with Crippen molar-refractivity contribution in [3.8, 4) is 0 Å². The number of hydrogen-bond donors (Lipinski definition) is 2. The van der Waals surface area contributed by atoms with Crippen molar-refractivity contribution >= 4 is 27.9 Å². The number of rotatable bonds is 3. The third-order valence-corrected chi connectivity index (χ3v) is 3.45. The highest BCUT2D eigenvalue weighted by molar-refractivity contribution is 9.10. The number of hydrogen-bond acceptors (Lipinski definition) is 6. The number of pyridine rings is 1. The number of carbonyl (C=O) groups excluding carboxylic acids is 1. The molecule has 1 aliphatic heterocycles. The van der Waals surface area contributed by atoms with Crippen LogP contribution >= 0.6 is 15.9 Å². The van der Waals surface area contributed by atoms with Gasteiger partial charge in [-0.1, -0.05) is 5.10 Å². The minimum absolute atomic E-state index is 0.0824. The SMILES string of the molecule is O=C(Nc1nnc(C2CCCN2)o1)c1ccc(Br)cn1. The van der Waals surface area contributed by atoms with Gasteiger partial charge in [0.1, 0.15) is 5.69 Å². The van der Waals surface area contributed by atoms with Crippen LogP contribution in [0.5, 0.6) is 0 Å². The Morgan fingerprint density at radius 3 is 3.05 bits per heavy atom. The van der Waals surface area contributed by atoms with Crippen molar-refractivity contribution in [2.75, 3.05) is 11.9 Å². The molecule has 1 amide bonds. The van der Waals surface area contributed by atoms with Crippen LogP contribution in [0.4, 0.5) is 6.01 Å². The molecular formula is C12H12BrN5O2. The van der Waals surface area contributed by atoms with Gasteiger partial charge in [0.2, 0.25) is 5.89 Å². The van der Waals surface area contributed by atoms with Crippen molar-refractivity contribution in [1.29, 1.82) is 0 Å². The molecule has 104 valence electrons. The van der Waals surface area contributed by atoms with Crippen molar-refractivity contribution < 1.29 is 9.21 Å². The molecule has 0 spiro atoms. The van der Waals surface area contributed by atoms with Crippen molar-refractivity contribution in [3.05, 3.63) is 34.4 Å². The number of amides is 1. The summed E-state index contributed by atoms with van der Waals surface area (Å²) >= 11 is 3.26. The second-order valence-electron chi connectivity index (χ2n) is 4.41. The maximum atomic E-state index is 11.9. The van der Waals surface area contributed by atoms with Crippen LogP contribution in [-0.4, -0.2) is 27.6 Å². The summed E-state index contributed by atoms with van der Waals surface area (Å²) in [5.74, 6) is 0.119. The molecule has 1 aliphatic rings. The third kappa shape index (κ3) is 2.86. The maximum absolute atomic E-state index is 11.9. The predicted octanol–water partition coefficient (Wildman–Crippen LogP) is 1.90. The van der Waals surface area contributed by atoms with E-state index in [4.69, 9.17) is 4.42 Å². The molecule has 0 aliphatic carbocycles. The highest BCUT2D eigenvalue weighted by Crippen LogP contribution is 2.22. The van der Waals surface area contributed by atoms with E-state index in [1.54, 1.807) is 18.3 Å². The Balaban J connectivity index is 1.68. The molecule has 1 saturated heterocycles. The van der Waals surface area contributed by atoms with Crippen molar-refractivity contribution in [3.63, 3.8) is 0 Å². The Morgan fingerprint density at radius 2 is 2.35 bits per heavy atom. The van der Waals surface area contributed by atoms with E-state index < -0.39 is 0 Å². The van der Waals surface area contributed by atoms with Gasteiger partial charge in [0, 0.05) is 10.7 Å². The van der Waals surface area contributed by atoms with Crippen LogP contribution in [-0.2, 0) is 0 Å². The summed E-state index contributed by atoms with van der Waals surface area (Å²) < 4.78 is 6.24. The molecule has 3 rings (SSSR count). The van der Waals surface area contributed by atoms with Crippen LogP contribution < -0.4 is 10.6 Å². The normalized spacial score (nSPS) is 18.1. The summed E-state index contributed by atoms with van der Waals surface area (Å²) in [6, 6.07) is 3.51. The summed E-state index contributed by atoms with van der Waals surface area (Å²) in [5, 5.41) is 13.5. The van der Waals surface area contributed by atoms with Crippen LogP contribution in [0.15, 0.2) is 27.2 Å². The van der Waals surface area contributed by atoms with Crippen LogP contribution in [0, 0.1) is 0 Å². The number of anilines is 1. The van der Waals surface area contributed by atoms with Gasteiger partial charge in [-0.25, -0.2) is 4.98 Å². The molecule has 2 N–H and O–H groups in total. The summed E-state index contributed by atoms with van der Waals surface area (Å²) in [6.07, 6.45) is 3.60. The highest BCUT2D eigenvalue weighted by atomic mass is 79.9. The van der Waals surface area contributed by atoms with Gasteiger partial charge in [0.25, 0.3) is 5.91 Å². The van der Waals surface area contributed by atoms with Crippen LogP contribution in [0.1, 0.15) is 35.3 Å². The molecule has 1 unspecified atom stereocenters. The van der Waals surface area contributed by atoms with Gasteiger partial charge in [0.15, 0.2) is 0 Å². The maximum Gasteiger partial charge on any atom is 0.322 e. The first-order chi connectivity index (χ1) is 9.72. The molecule has 0 saturated carbocycles. The van der Waals surface area contributed by atoms with Crippen molar-refractivity contribution in [1.82, 2.24) is 20.5 Å². The second kappa shape index (κ2) is 5.68. The van der Waals surface area contributed by atoms with E-state index in [9.17, 15) is 4.79 Å². The van der Waals surface area contributed by atoms with Crippen LogP contribution in [0.2, 0.25) is 0 Å². The predicted molar refractivity (Wildman–Crippen MR) is 74.2 cm³/mol. The summed E-state index contributed by atoms with van der Waals surface area (Å²) in [4.78, 5) is 15.9. The van der Waals surface area contributed by atoms with E-state index in [0.29, 0.717) is 5.89 Å². The molecule has 3 heterocycles. The van der Waals surface area contributed by atoms with E-state index in [1.165, 1.54) is 0 Å². The van der Waals surface area contributed by atoms with Gasteiger partial charge in [-0.2, -0.15) is 0 Å². The zero-order chi connectivity index (χ0) is 13.9. The fourth-order valence-corrected chi connectivity index (χ4v) is 2.23. The van der Waals surface area contributed by atoms with Gasteiger partial charge >= 0.3 is 6.01 Å². The molecule has 1 fully saturated rings. The number of nitrogens with zero attached hydrogens (tertiary/aromatic N) is 3. The average molecular weight is 338 g/mol. The Kier molecular flexibility index (Phi) is 3.75. The van der Waals surface area contributed by atoms with E-state index in [0.717, 1.165) is 23.9 Å². The number of carbonyl (C=O) groups is 1. The quantitative estimate of drug-likeness (QED) is 0.888. The smallest absolute Gasteiger partial charge is 0.322 e. The zero-order valence-electron chi connectivity index (χ0n) is 10.5. The lowest BCUT2D eigenvalue weighted by molar-refractivity contribution is 0.101. The van der Waals surface area contributed by atoms with Gasteiger partial charge < -0.3 is 9.73 Å². The Bertz CT molecular complexity index is 607. The van der Waals surface area contributed by atoms with Gasteiger partial charge in [-0.15, -0.1) is 5.10 Å². The molecule has 0 bridgehead atoms. The molecule has 0 aromatic carbocycles.